The average Bonchev–Trinajstić information content (AvgIpc) is 2.63. The van der Waals surface area contributed by atoms with Gasteiger partial charge >= 0.3 is 0 Å². The van der Waals surface area contributed by atoms with E-state index in [1.807, 2.05) is 12.1 Å². The number of hydrogen-bond acceptors (Lipinski definition) is 3. The van der Waals surface area contributed by atoms with Crippen molar-refractivity contribution in [1.82, 2.24) is 15.2 Å². The molecule has 2 aromatic rings. The lowest BCUT2D eigenvalue weighted by Crippen LogP contribution is -2.40. The Hall–Kier alpha value is -2.20. The highest BCUT2D eigenvalue weighted by atomic mass is 16.1. The summed E-state index contributed by atoms with van der Waals surface area (Å²) >= 11 is 0. The summed E-state index contributed by atoms with van der Waals surface area (Å²) in [4.78, 5) is 18.9. The van der Waals surface area contributed by atoms with Gasteiger partial charge in [0.25, 0.3) is 0 Å². The summed E-state index contributed by atoms with van der Waals surface area (Å²) < 4.78 is 0. The van der Waals surface area contributed by atoms with Gasteiger partial charge in [0, 0.05) is 31.4 Å². The summed E-state index contributed by atoms with van der Waals surface area (Å²) in [5.74, 6) is 0.309. The van der Waals surface area contributed by atoms with Crippen LogP contribution in [-0.2, 0) is 17.9 Å². The Labute approximate surface area is 143 Å². The quantitative estimate of drug-likeness (QED) is 0.920. The average molecular weight is 323 g/mol. The zero-order chi connectivity index (χ0) is 16.8. The molecule has 1 aliphatic rings. The second kappa shape index (κ2) is 8.06. The molecule has 1 amide bonds. The van der Waals surface area contributed by atoms with Crippen LogP contribution in [0.4, 0.5) is 0 Å². The number of likely N-dealkylation sites (tertiary alicyclic amines) is 1. The zero-order valence-electron chi connectivity index (χ0n) is 14.2. The molecule has 2 heterocycles. The largest absolute Gasteiger partial charge is 0.352 e. The fraction of sp³-hybridized carbons (Fsp3) is 0.400. The van der Waals surface area contributed by atoms with Crippen LogP contribution in [0.1, 0.15) is 29.5 Å². The van der Waals surface area contributed by atoms with Gasteiger partial charge in [0.15, 0.2) is 0 Å². The number of pyridine rings is 1. The van der Waals surface area contributed by atoms with Crippen LogP contribution < -0.4 is 5.32 Å². The second-order valence-electron chi connectivity index (χ2n) is 6.56. The molecule has 0 atom stereocenters. The highest BCUT2D eigenvalue weighted by Crippen LogP contribution is 2.20. The molecule has 24 heavy (non-hydrogen) atoms. The number of carbonyl (C=O) groups excluding carboxylic acids is 1. The number of benzene rings is 1. The van der Waals surface area contributed by atoms with E-state index in [4.69, 9.17) is 0 Å². The van der Waals surface area contributed by atoms with Crippen LogP contribution in [0.2, 0.25) is 0 Å². The van der Waals surface area contributed by atoms with Crippen molar-refractivity contribution in [2.75, 3.05) is 13.1 Å². The fourth-order valence-corrected chi connectivity index (χ4v) is 3.22. The van der Waals surface area contributed by atoms with Gasteiger partial charge in [-0.3, -0.25) is 14.7 Å². The third-order valence-electron chi connectivity index (χ3n) is 4.80. The molecule has 126 valence electrons. The Balaban J connectivity index is 1.44. The van der Waals surface area contributed by atoms with E-state index in [9.17, 15) is 4.79 Å². The van der Waals surface area contributed by atoms with Gasteiger partial charge in [0.05, 0.1) is 0 Å². The molecule has 1 aromatic heterocycles. The lowest BCUT2D eigenvalue weighted by Gasteiger charge is -2.31. The van der Waals surface area contributed by atoms with Crippen molar-refractivity contribution < 1.29 is 4.79 Å². The molecular formula is C20H25N3O. The van der Waals surface area contributed by atoms with E-state index in [2.05, 4.69) is 46.4 Å². The molecular weight excluding hydrogens is 298 g/mol. The first kappa shape index (κ1) is 16.7. The first-order valence-corrected chi connectivity index (χ1v) is 8.66. The second-order valence-corrected chi connectivity index (χ2v) is 6.56. The van der Waals surface area contributed by atoms with E-state index >= 15 is 0 Å². The third kappa shape index (κ3) is 4.42. The van der Waals surface area contributed by atoms with Crippen molar-refractivity contribution in [3.05, 3.63) is 65.5 Å². The number of hydrogen-bond donors (Lipinski definition) is 1. The van der Waals surface area contributed by atoms with Gasteiger partial charge in [-0.25, -0.2) is 0 Å². The predicted molar refractivity (Wildman–Crippen MR) is 95.3 cm³/mol. The van der Waals surface area contributed by atoms with Crippen LogP contribution in [-0.4, -0.2) is 28.9 Å². The zero-order valence-corrected chi connectivity index (χ0v) is 14.2. The van der Waals surface area contributed by atoms with E-state index in [-0.39, 0.29) is 11.8 Å². The Morgan fingerprint density at radius 2 is 2.00 bits per heavy atom. The number of nitrogens with zero attached hydrogens (tertiary/aromatic N) is 2. The molecule has 1 fully saturated rings. The molecule has 1 saturated heterocycles. The summed E-state index contributed by atoms with van der Waals surface area (Å²) in [6.45, 7) is 5.68. The molecule has 0 unspecified atom stereocenters. The van der Waals surface area contributed by atoms with E-state index in [1.165, 1.54) is 11.1 Å². The van der Waals surface area contributed by atoms with Crippen LogP contribution in [0.5, 0.6) is 0 Å². The van der Waals surface area contributed by atoms with Gasteiger partial charge in [0.1, 0.15) is 0 Å². The van der Waals surface area contributed by atoms with Crippen molar-refractivity contribution in [2.45, 2.75) is 32.9 Å². The fourth-order valence-electron chi connectivity index (χ4n) is 3.22. The summed E-state index contributed by atoms with van der Waals surface area (Å²) in [7, 11) is 0. The molecule has 0 radical (unpaired) electrons. The van der Waals surface area contributed by atoms with Crippen molar-refractivity contribution in [3.63, 3.8) is 0 Å². The maximum absolute atomic E-state index is 12.3. The Morgan fingerprint density at radius 3 is 2.71 bits per heavy atom. The molecule has 3 rings (SSSR count). The molecule has 4 heteroatoms. The lowest BCUT2D eigenvalue weighted by atomic mass is 9.95. The monoisotopic (exact) mass is 323 g/mol. The van der Waals surface area contributed by atoms with Gasteiger partial charge < -0.3 is 5.32 Å². The maximum Gasteiger partial charge on any atom is 0.223 e. The smallest absolute Gasteiger partial charge is 0.223 e. The number of nitrogens with one attached hydrogen (secondary N) is 1. The summed E-state index contributed by atoms with van der Waals surface area (Å²) in [6, 6.07) is 12.4. The van der Waals surface area contributed by atoms with Gasteiger partial charge in [-0.1, -0.05) is 30.3 Å². The van der Waals surface area contributed by atoms with Crippen LogP contribution in [0.25, 0.3) is 0 Å². The number of piperidine rings is 1. The lowest BCUT2D eigenvalue weighted by molar-refractivity contribution is -0.126. The summed E-state index contributed by atoms with van der Waals surface area (Å²) in [5, 5.41) is 3.04. The van der Waals surface area contributed by atoms with Crippen molar-refractivity contribution in [1.29, 1.82) is 0 Å². The van der Waals surface area contributed by atoms with Crippen molar-refractivity contribution >= 4 is 5.91 Å². The number of amides is 1. The maximum atomic E-state index is 12.3. The molecule has 1 N–H and O–H groups in total. The molecule has 1 aromatic carbocycles. The molecule has 4 nitrogen and oxygen atoms in total. The summed E-state index contributed by atoms with van der Waals surface area (Å²) in [6.07, 6.45) is 5.41. The van der Waals surface area contributed by atoms with E-state index in [0.717, 1.165) is 38.0 Å². The van der Waals surface area contributed by atoms with Crippen molar-refractivity contribution in [3.8, 4) is 0 Å². The number of rotatable bonds is 5. The topological polar surface area (TPSA) is 45.2 Å². The minimum Gasteiger partial charge on any atom is -0.352 e. The highest BCUT2D eigenvalue weighted by molar-refractivity contribution is 5.78. The number of aromatic nitrogens is 1. The first-order chi connectivity index (χ1) is 11.7. The minimum absolute atomic E-state index is 0.134. The SMILES string of the molecule is Cc1ccccc1CN1CCC(C(=O)NCc2cccnc2)CC1. The van der Waals surface area contributed by atoms with E-state index in [0.29, 0.717) is 6.54 Å². The standard InChI is InChI=1S/C20H25N3O/c1-16-5-2-3-7-19(16)15-23-11-8-18(9-12-23)20(24)22-14-17-6-4-10-21-13-17/h2-7,10,13,18H,8-9,11-12,14-15H2,1H3,(H,22,24). The van der Waals surface area contributed by atoms with E-state index in [1.54, 1.807) is 12.4 Å². The molecule has 0 bridgehead atoms. The predicted octanol–water partition coefficient (Wildman–Crippen LogP) is 2.92. The Bertz CT molecular complexity index is 664. The Kier molecular flexibility index (Phi) is 5.59. The number of carbonyl (C=O) groups is 1. The molecule has 0 spiro atoms. The molecule has 1 aliphatic heterocycles. The molecule has 0 aliphatic carbocycles. The van der Waals surface area contributed by atoms with Gasteiger partial charge in [-0.05, 0) is 55.6 Å². The van der Waals surface area contributed by atoms with Gasteiger partial charge in [0.2, 0.25) is 5.91 Å². The Morgan fingerprint density at radius 1 is 1.21 bits per heavy atom. The van der Waals surface area contributed by atoms with Crippen LogP contribution in [0.3, 0.4) is 0 Å². The third-order valence-corrected chi connectivity index (χ3v) is 4.80. The van der Waals surface area contributed by atoms with Crippen molar-refractivity contribution in [2.24, 2.45) is 5.92 Å². The van der Waals surface area contributed by atoms with Crippen LogP contribution in [0.15, 0.2) is 48.8 Å². The minimum atomic E-state index is 0.134. The van der Waals surface area contributed by atoms with Crippen LogP contribution in [0, 0.1) is 12.8 Å². The van der Waals surface area contributed by atoms with Gasteiger partial charge in [-0.15, -0.1) is 0 Å². The summed E-state index contributed by atoms with van der Waals surface area (Å²) in [5.41, 5.74) is 3.77. The molecule has 0 saturated carbocycles. The first-order valence-electron chi connectivity index (χ1n) is 8.66. The van der Waals surface area contributed by atoms with Crippen LogP contribution >= 0.6 is 0 Å². The van der Waals surface area contributed by atoms with E-state index < -0.39 is 0 Å². The highest BCUT2D eigenvalue weighted by Gasteiger charge is 2.24. The normalized spacial score (nSPS) is 16.0. The van der Waals surface area contributed by atoms with Gasteiger partial charge in [-0.2, -0.15) is 0 Å². The number of aryl methyl sites for hydroxylation is 1.